The van der Waals surface area contributed by atoms with Gasteiger partial charge in [0, 0.05) is 12.1 Å². The molecule has 1 saturated carbocycles. The number of hydrogen-bond donors (Lipinski definition) is 2. The Morgan fingerprint density at radius 3 is 2.71 bits per heavy atom. The molecule has 0 radical (unpaired) electrons. The van der Waals surface area contributed by atoms with Crippen molar-refractivity contribution in [2.24, 2.45) is 5.92 Å². The molecule has 17 heavy (non-hydrogen) atoms. The SMILES string of the molecule is CC1CCCC(CO)(NCC2CCC(C)O2)C1. The third-order valence-electron chi connectivity index (χ3n) is 4.42. The van der Waals surface area contributed by atoms with E-state index in [2.05, 4.69) is 19.2 Å². The Hall–Kier alpha value is -0.120. The van der Waals surface area contributed by atoms with E-state index in [-0.39, 0.29) is 12.1 Å². The van der Waals surface area contributed by atoms with E-state index in [0.717, 1.165) is 31.7 Å². The van der Waals surface area contributed by atoms with Crippen LogP contribution >= 0.6 is 0 Å². The second-order valence-electron chi connectivity index (χ2n) is 6.17. The van der Waals surface area contributed by atoms with Gasteiger partial charge in [-0.2, -0.15) is 0 Å². The topological polar surface area (TPSA) is 41.5 Å². The van der Waals surface area contributed by atoms with Gasteiger partial charge in [-0.25, -0.2) is 0 Å². The van der Waals surface area contributed by atoms with Crippen LogP contribution in [0.25, 0.3) is 0 Å². The maximum Gasteiger partial charge on any atom is 0.0704 e. The Morgan fingerprint density at radius 2 is 2.12 bits per heavy atom. The van der Waals surface area contributed by atoms with E-state index < -0.39 is 0 Å². The summed E-state index contributed by atoms with van der Waals surface area (Å²) in [7, 11) is 0. The lowest BCUT2D eigenvalue weighted by atomic mass is 9.77. The molecule has 1 aliphatic carbocycles. The van der Waals surface area contributed by atoms with Gasteiger partial charge in [-0.1, -0.05) is 19.8 Å². The minimum absolute atomic E-state index is 0.0349. The molecule has 0 bridgehead atoms. The summed E-state index contributed by atoms with van der Waals surface area (Å²) in [6.45, 7) is 5.60. The quantitative estimate of drug-likeness (QED) is 0.792. The lowest BCUT2D eigenvalue weighted by molar-refractivity contribution is 0.0360. The number of hydrogen-bond acceptors (Lipinski definition) is 3. The van der Waals surface area contributed by atoms with Crippen LogP contribution in [0, 0.1) is 5.92 Å². The molecule has 2 fully saturated rings. The van der Waals surface area contributed by atoms with Crippen LogP contribution in [0.4, 0.5) is 0 Å². The summed E-state index contributed by atoms with van der Waals surface area (Å²) in [5.74, 6) is 0.729. The summed E-state index contributed by atoms with van der Waals surface area (Å²) in [4.78, 5) is 0. The van der Waals surface area contributed by atoms with Crippen LogP contribution in [0.3, 0.4) is 0 Å². The van der Waals surface area contributed by atoms with Crippen molar-refractivity contribution >= 4 is 0 Å². The van der Waals surface area contributed by atoms with Gasteiger partial charge in [-0.05, 0) is 38.5 Å². The molecule has 1 saturated heterocycles. The number of ether oxygens (including phenoxy) is 1. The third-order valence-corrected chi connectivity index (χ3v) is 4.42. The standard InChI is InChI=1S/C14H27NO2/c1-11-4-3-7-14(8-11,10-16)15-9-13-6-5-12(2)17-13/h11-13,15-16H,3-10H2,1-2H3. The van der Waals surface area contributed by atoms with Gasteiger partial charge in [0.15, 0.2) is 0 Å². The average Bonchev–Trinajstić information content (AvgIpc) is 2.73. The molecule has 4 unspecified atom stereocenters. The first kappa shape index (κ1) is 13.3. The number of nitrogens with one attached hydrogen (secondary N) is 1. The lowest BCUT2D eigenvalue weighted by Gasteiger charge is -2.40. The maximum atomic E-state index is 9.68. The van der Waals surface area contributed by atoms with E-state index in [1.165, 1.54) is 19.3 Å². The van der Waals surface area contributed by atoms with Crippen molar-refractivity contribution in [2.45, 2.75) is 70.1 Å². The van der Waals surface area contributed by atoms with Crippen molar-refractivity contribution < 1.29 is 9.84 Å². The van der Waals surface area contributed by atoms with Gasteiger partial charge in [-0.3, -0.25) is 0 Å². The molecule has 0 aromatic carbocycles. The molecule has 1 heterocycles. The molecule has 0 aromatic heterocycles. The van der Waals surface area contributed by atoms with Crippen LogP contribution in [0.5, 0.6) is 0 Å². The molecule has 0 spiro atoms. The molecule has 2 aliphatic rings. The first-order valence-electron chi connectivity index (χ1n) is 7.15. The smallest absolute Gasteiger partial charge is 0.0704 e. The average molecular weight is 241 g/mol. The molecular formula is C14H27NO2. The normalized spacial score (nSPS) is 42.9. The molecule has 100 valence electrons. The van der Waals surface area contributed by atoms with Crippen LogP contribution in [-0.4, -0.2) is 36.0 Å². The Balaban J connectivity index is 1.82. The van der Waals surface area contributed by atoms with E-state index in [1.807, 2.05) is 0 Å². The molecule has 3 nitrogen and oxygen atoms in total. The second kappa shape index (κ2) is 5.68. The molecule has 0 amide bonds. The lowest BCUT2D eigenvalue weighted by Crippen LogP contribution is -2.53. The van der Waals surface area contributed by atoms with Crippen LogP contribution in [-0.2, 0) is 4.74 Å². The summed E-state index contributed by atoms with van der Waals surface area (Å²) in [5.41, 5.74) is -0.0349. The van der Waals surface area contributed by atoms with Gasteiger partial charge in [0.25, 0.3) is 0 Å². The summed E-state index contributed by atoms with van der Waals surface area (Å²) in [6, 6.07) is 0. The number of aliphatic hydroxyl groups excluding tert-OH is 1. The predicted octanol–water partition coefficient (Wildman–Crippen LogP) is 2.08. The minimum Gasteiger partial charge on any atom is -0.394 e. The highest BCUT2D eigenvalue weighted by Crippen LogP contribution is 2.32. The highest BCUT2D eigenvalue weighted by molar-refractivity contribution is 4.93. The molecule has 3 heteroatoms. The van der Waals surface area contributed by atoms with Gasteiger partial charge < -0.3 is 15.2 Å². The monoisotopic (exact) mass is 241 g/mol. The van der Waals surface area contributed by atoms with Crippen molar-refractivity contribution in [3.8, 4) is 0 Å². The molecular weight excluding hydrogens is 214 g/mol. The molecule has 0 aromatic rings. The van der Waals surface area contributed by atoms with E-state index in [1.54, 1.807) is 0 Å². The van der Waals surface area contributed by atoms with Gasteiger partial charge in [0.2, 0.25) is 0 Å². The van der Waals surface area contributed by atoms with Crippen molar-refractivity contribution in [1.29, 1.82) is 0 Å². The van der Waals surface area contributed by atoms with E-state index in [0.29, 0.717) is 12.2 Å². The molecule has 1 aliphatic heterocycles. The zero-order valence-electron chi connectivity index (χ0n) is 11.2. The fourth-order valence-electron chi connectivity index (χ4n) is 3.39. The number of aliphatic hydroxyl groups is 1. The summed E-state index contributed by atoms with van der Waals surface area (Å²) >= 11 is 0. The minimum atomic E-state index is -0.0349. The molecule has 2 N–H and O–H groups in total. The van der Waals surface area contributed by atoms with Crippen molar-refractivity contribution in [1.82, 2.24) is 5.32 Å². The summed E-state index contributed by atoms with van der Waals surface area (Å²) in [6.07, 6.45) is 7.85. The zero-order chi connectivity index (χ0) is 12.3. The van der Waals surface area contributed by atoms with Gasteiger partial charge in [-0.15, -0.1) is 0 Å². The van der Waals surface area contributed by atoms with Crippen LogP contribution in [0.1, 0.15) is 52.4 Å². The number of rotatable bonds is 4. The highest BCUT2D eigenvalue weighted by Gasteiger charge is 2.35. The Morgan fingerprint density at radius 1 is 1.29 bits per heavy atom. The summed E-state index contributed by atoms with van der Waals surface area (Å²) in [5, 5.41) is 13.3. The molecule has 4 atom stereocenters. The van der Waals surface area contributed by atoms with E-state index in [4.69, 9.17) is 4.74 Å². The Labute approximate surface area is 105 Å². The van der Waals surface area contributed by atoms with Gasteiger partial charge in [0.1, 0.15) is 0 Å². The zero-order valence-corrected chi connectivity index (χ0v) is 11.2. The van der Waals surface area contributed by atoms with Crippen molar-refractivity contribution in [3.05, 3.63) is 0 Å². The van der Waals surface area contributed by atoms with Crippen LogP contribution < -0.4 is 5.32 Å². The first-order valence-corrected chi connectivity index (χ1v) is 7.15. The molecule has 2 rings (SSSR count). The van der Waals surface area contributed by atoms with Crippen LogP contribution in [0.15, 0.2) is 0 Å². The van der Waals surface area contributed by atoms with Gasteiger partial charge in [0.05, 0.1) is 18.8 Å². The maximum absolute atomic E-state index is 9.68. The van der Waals surface area contributed by atoms with E-state index in [9.17, 15) is 5.11 Å². The summed E-state index contributed by atoms with van der Waals surface area (Å²) < 4.78 is 5.82. The first-order chi connectivity index (χ1) is 8.13. The van der Waals surface area contributed by atoms with Gasteiger partial charge >= 0.3 is 0 Å². The third kappa shape index (κ3) is 3.43. The van der Waals surface area contributed by atoms with Crippen LogP contribution in [0.2, 0.25) is 0 Å². The van der Waals surface area contributed by atoms with E-state index >= 15 is 0 Å². The fourth-order valence-corrected chi connectivity index (χ4v) is 3.39. The fraction of sp³-hybridized carbons (Fsp3) is 1.00. The largest absolute Gasteiger partial charge is 0.394 e. The second-order valence-corrected chi connectivity index (χ2v) is 6.17. The Kier molecular flexibility index (Phi) is 4.45. The highest BCUT2D eigenvalue weighted by atomic mass is 16.5. The van der Waals surface area contributed by atoms with Crippen molar-refractivity contribution in [3.63, 3.8) is 0 Å². The Bertz CT molecular complexity index is 246. The van der Waals surface area contributed by atoms with Crippen molar-refractivity contribution in [2.75, 3.05) is 13.2 Å². The predicted molar refractivity (Wildman–Crippen MR) is 69.0 cm³/mol.